The minimum absolute atomic E-state index is 0.00616. The van der Waals surface area contributed by atoms with Crippen molar-refractivity contribution >= 4 is 23.2 Å². The summed E-state index contributed by atoms with van der Waals surface area (Å²) in [6.07, 6.45) is 1.24. The van der Waals surface area contributed by atoms with Gasteiger partial charge in [-0.15, -0.1) is 11.3 Å². The maximum atomic E-state index is 13.0. The Morgan fingerprint density at radius 3 is 2.56 bits per heavy atom. The number of para-hydroxylation sites is 1. The van der Waals surface area contributed by atoms with Crippen LogP contribution in [0.15, 0.2) is 60.0 Å². The summed E-state index contributed by atoms with van der Waals surface area (Å²) in [5.41, 5.74) is 3.26. The largest absolute Gasteiger partial charge is 0.496 e. The molecular weight excluding hydrogens is 420 g/mol. The number of carbonyl (C=O) groups excluding carboxylic acids is 2. The zero-order valence-corrected chi connectivity index (χ0v) is 19.5. The lowest BCUT2D eigenvalue weighted by atomic mass is 9.79. The number of benzene rings is 2. The zero-order valence-electron chi connectivity index (χ0n) is 18.7. The van der Waals surface area contributed by atoms with Crippen LogP contribution in [0.5, 0.6) is 5.75 Å². The molecule has 0 spiro atoms. The highest BCUT2D eigenvalue weighted by molar-refractivity contribution is 7.10. The van der Waals surface area contributed by atoms with Crippen LogP contribution >= 0.6 is 11.3 Å². The first kappa shape index (κ1) is 22.1. The minimum Gasteiger partial charge on any atom is -0.496 e. The van der Waals surface area contributed by atoms with E-state index in [9.17, 15) is 9.59 Å². The van der Waals surface area contributed by atoms with Crippen LogP contribution in [0.1, 0.15) is 27.2 Å². The Hall–Kier alpha value is -3.12. The summed E-state index contributed by atoms with van der Waals surface area (Å²) < 4.78 is 5.48. The predicted octanol–water partition coefficient (Wildman–Crippen LogP) is 4.55. The summed E-state index contributed by atoms with van der Waals surface area (Å²) in [7, 11) is 3.34. The molecular formula is C26H28N2O3S. The van der Waals surface area contributed by atoms with Crippen molar-refractivity contribution in [3.63, 3.8) is 0 Å². The zero-order chi connectivity index (χ0) is 22.7. The Kier molecular flexibility index (Phi) is 6.33. The summed E-state index contributed by atoms with van der Waals surface area (Å²) >= 11 is 1.57. The van der Waals surface area contributed by atoms with E-state index in [4.69, 9.17) is 4.74 Å². The van der Waals surface area contributed by atoms with E-state index < -0.39 is 5.41 Å². The van der Waals surface area contributed by atoms with Crippen molar-refractivity contribution in [3.8, 4) is 16.9 Å². The number of hydrogen-bond donors (Lipinski definition) is 1. The molecule has 3 aromatic rings. The molecule has 0 bridgehead atoms. The molecule has 2 amide bonds. The van der Waals surface area contributed by atoms with Gasteiger partial charge in [-0.2, -0.15) is 0 Å². The lowest BCUT2D eigenvalue weighted by Gasteiger charge is -2.28. The van der Waals surface area contributed by atoms with Gasteiger partial charge in [0.25, 0.3) is 5.91 Å². The second-order valence-electron chi connectivity index (χ2n) is 8.36. The normalized spacial score (nSPS) is 17.9. The van der Waals surface area contributed by atoms with Crippen molar-refractivity contribution in [3.05, 3.63) is 76.0 Å². The fraction of sp³-hybridized carbons (Fsp3) is 0.308. The predicted molar refractivity (Wildman–Crippen MR) is 128 cm³/mol. The Morgan fingerprint density at radius 2 is 1.91 bits per heavy atom. The van der Waals surface area contributed by atoms with Gasteiger partial charge in [-0.1, -0.05) is 42.5 Å². The summed E-state index contributed by atoms with van der Waals surface area (Å²) in [5, 5.41) is 4.73. The van der Waals surface area contributed by atoms with E-state index in [1.54, 1.807) is 25.5 Å². The van der Waals surface area contributed by atoms with Crippen molar-refractivity contribution < 1.29 is 14.3 Å². The molecule has 4 rings (SSSR count). The molecule has 1 saturated heterocycles. The maximum Gasteiger partial charge on any atom is 0.254 e. The molecule has 0 unspecified atom stereocenters. The van der Waals surface area contributed by atoms with Crippen molar-refractivity contribution in [1.29, 1.82) is 0 Å². The van der Waals surface area contributed by atoms with Crippen LogP contribution in [0.3, 0.4) is 0 Å². The lowest BCUT2D eigenvalue weighted by molar-refractivity contribution is -0.129. The molecule has 2 heterocycles. The number of hydrogen-bond acceptors (Lipinski definition) is 4. The van der Waals surface area contributed by atoms with Crippen LogP contribution < -0.4 is 10.1 Å². The van der Waals surface area contributed by atoms with Crippen LogP contribution in [-0.2, 0) is 11.2 Å². The van der Waals surface area contributed by atoms with Gasteiger partial charge in [0.05, 0.1) is 18.1 Å². The number of amides is 2. The molecule has 6 heteroatoms. The highest BCUT2D eigenvalue weighted by atomic mass is 32.1. The Bertz CT molecular complexity index is 1120. The standard InChI is InChI=1S/C26H28N2O3S/c1-18-14-21(16-32-18)24(29)28-13-12-26(17-28,25(30)27-2)15-19-8-10-20(11-9-19)22-6-4-5-7-23(22)31-3/h4-11,14,16H,12-13,15,17H2,1-3H3,(H,27,30)/t26-/m0/s1. The minimum atomic E-state index is -0.624. The maximum absolute atomic E-state index is 13.0. The van der Waals surface area contributed by atoms with Crippen molar-refractivity contribution in [2.75, 3.05) is 27.2 Å². The van der Waals surface area contributed by atoms with Crippen LogP contribution in [0, 0.1) is 12.3 Å². The second-order valence-corrected chi connectivity index (χ2v) is 9.47. The first-order chi connectivity index (χ1) is 15.5. The molecule has 1 fully saturated rings. The van der Waals surface area contributed by atoms with E-state index in [1.165, 1.54) is 0 Å². The number of thiophene rings is 1. The molecule has 2 aromatic carbocycles. The van der Waals surface area contributed by atoms with Gasteiger partial charge < -0.3 is 15.0 Å². The Labute approximate surface area is 193 Å². The number of carbonyl (C=O) groups is 2. The van der Waals surface area contributed by atoms with E-state index in [-0.39, 0.29) is 11.8 Å². The number of nitrogens with zero attached hydrogens (tertiary/aromatic N) is 1. The van der Waals surface area contributed by atoms with Crippen LogP contribution in [0.2, 0.25) is 0 Å². The monoisotopic (exact) mass is 448 g/mol. The average molecular weight is 449 g/mol. The van der Waals surface area contributed by atoms with Crippen LogP contribution in [0.25, 0.3) is 11.1 Å². The first-order valence-electron chi connectivity index (χ1n) is 10.7. The molecule has 1 aromatic heterocycles. The van der Waals surface area contributed by atoms with E-state index in [0.29, 0.717) is 31.5 Å². The summed E-state index contributed by atoms with van der Waals surface area (Å²) in [4.78, 5) is 28.9. The molecule has 0 radical (unpaired) electrons. The summed E-state index contributed by atoms with van der Waals surface area (Å²) in [6.45, 7) is 3.00. The van der Waals surface area contributed by atoms with E-state index in [0.717, 1.165) is 27.3 Å². The topological polar surface area (TPSA) is 58.6 Å². The number of rotatable bonds is 6. The van der Waals surface area contributed by atoms with Crippen LogP contribution in [0.4, 0.5) is 0 Å². The molecule has 1 aliphatic heterocycles. The smallest absolute Gasteiger partial charge is 0.254 e. The third kappa shape index (κ3) is 4.28. The van der Waals surface area contributed by atoms with Crippen molar-refractivity contribution in [2.45, 2.75) is 19.8 Å². The van der Waals surface area contributed by atoms with E-state index >= 15 is 0 Å². The second kappa shape index (κ2) is 9.17. The molecule has 166 valence electrons. The first-order valence-corrected chi connectivity index (χ1v) is 11.6. The fourth-order valence-corrected chi connectivity index (χ4v) is 5.21. The van der Waals surface area contributed by atoms with E-state index in [2.05, 4.69) is 29.6 Å². The van der Waals surface area contributed by atoms with Gasteiger partial charge in [-0.05, 0) is 43.0 Å². The van der Waals surface area contributed by atoms with Gasteiger partial charge in [-0.3, -0.25) is 9.59 Å². The number of methoxy groups -OCH3 is 1. The number of likely N-dealkylation sites (tertiary alicyclic amines) is 1. The van der Waals surface area contributed by atoms with Gasteiger partial charge in [0.2, 0.25) is 5.91 Å². The molecule has 1 atom stereocenters. The number of aryl methyl sites for hydroxylation is 1. The molecule has 0 aliphatic carbocycles. The third-order valence-electron chi connectivity index (χ3n) is 6.24. The van der Waals surface area contributed by atoms with Gasteiger partial charge in [0.1, 0.15) is 5.75 Å². The number of nitrogens with one attached hydrogen (secondary N) is 1. The van der Waals surface area contributed by atoms with Crippen molar-refractivity contribution in [2.24, 2.45) is 5.41 Å². The molecule has 0 saturated carbocycles. The van der Waals surface area contributed by atoms with Crippen LogP contribution in [-0.4, -0.2) is 44.0 Å². The molecule has 1 aliphatic rings. The highest BCUT2D eigenvalue weighted by Crippen LogP contribution is 2.37. The van der Waals surface area contributed by atoms with Gasteiger partial charge in [0.15, 0.2) is 0 Å². The molecule has 1 N–H and O–H groups in total. The quantitative estimate of drug-likeness (QED) is 0.602. The fourth-order valence-electron chi connectivity index (χ4n) is 4.54. The van der Waals surface area contributed by atoms with Crippen molar-refractivity contribution in [1.82, 2.24) is 10.2 Å². The van der Waals surface area contributed by atoms with Gasteiger partial charge in [0, 0.05) is 36.0 Å². The molecule has 5 nitrogen and oxygen atoms in total. The lowest BCUT2D eigenvalue weighted by Crippen LogP contribution is -2.44. The van der Waals surface area contributed by atoms with Gasteiger partial charge in [-0.25, -0.2) is 0 Å². The molecule has 32 heavy (non-hydrogen) atoms. The Balaban J connectivity index is 1.55. The van der Waals surface area contributed by atoms with E-state index in [1.807, 2.05) is 47.5 Å². The Morgan fingerprint density at radius 1 is 1.16 bits per heavy atom. The SMILES string of the molecule is CNC(=O)[C@]1(Cc2ccc(-c3ccccc3OC)cc2)CCN(C(=O)c2csc(C)c2)C1. The summed E-state index contributed by atoms with van der Waals surface area (Å²) in [6, 6.07) is 18.1. The summed E-state index contributed by atoms with van der Waals surface area (Å²) in [5.74, 6) is 0.824. The van der Waals surface area contributed by atoms with Gasteiger partial charge >= 0.3 is 0 Å². The average Bonchev–Trinajstić information content (AvgIpc) is 3.46. The highest BCUT2D eigenvalue weighted by Gasteiger charge is 2.45. The third-order valence-corrected chi connectivity index (χ3v) is 7.10. The number of ether oxygens (including phenoxy) is 1.